The molecular formula is C13H28ClN3O4S. The van der Waals surface area contributed by atoms with E-state index < -0.39 is 21.7 Å². The Labute approximate surface area is 139 Å². The van der Waals surface area contributed by atoms with Crippen molar-refractivity contribution in [2.45, 2.75) is 44.6 Å². The van der Waals surface area contributed by atoms with Gasteiger partial charge < -0.3 is 10.5 Å². The van der Waals surface area contributed by atoms with Crippen molar-refractivity contribution >= 4 is 28.6 Å². The van der Waals surface area contributed by atoms with Crippen LogP contribution in [0.1, 0.15) is 39.0 Å². The van der Waals surface area contributed by atoms with Crippen molar-refractivity contribution in [3.05, 3.63) is 0 Å². The predicted octanol–water partition coefficient (Wildman–Crippen LogP) is 0.645. The molecule has 1 aliphatic rings. The Bertz CT molecular complexity index is 460. The molecule has 1 aliphatic carbocycles. The highest BCUT2D eigenvalue weighted by Crippen LogP contribution is 2.33. The zero-order valence-electron chi connectivity index (χ0n) is 13.5. The first-order chi connectivity index (χ1) is 9.77. The monoisotopic (exact) mass is 357 g/mol. The van der Waals surface area contributed by atoms with E-state index in [4.69, 9.17) is 5.73 Å². The molecule has 0 aromatic rings. The Morgan fingerprint density at radius 3 is 2.59 bits per heavy atom. The van der Waals surface area contributed by atoms with Crippen LogP contribution in [-0.2, 0) is 19.7 Å². The summed E-state index contributed by atoms with van der Waals surface area (Å²) in [6.45, 7) is 2.39. The smallest absolute Gasteiger partial charge is 0.306 e. The fourth-order valence-electron chi connectivity index (χ4n) is 2.72. The Morgan fingerprint density at radius 2 is 2.09 bits per heavy atom. The van der Waals surface area contributed by atoms with Crippen molar-refractivity contribution in [2.24, 2.45) is 11.7 Å². The number of carbonyl (C=O) groups excluding carboxylic acids is 1. The third kappa shape index (κ3) is 5.34. The number of ether oxygens (including phenoxy) is 1. The summed E-state index contributed by atoms with van der Waals surface area (Å²) in [5, 5.41) is 0. The summed E-state index contributed by atoms with van der Waals surface area (Å²) in [5.74, 6) is -0.239. The molecule has 0 amide bonds. The molecule has 0 spiro atoms. The molecule has 0 saturated heterocycles. The molecular weight excluding hydrogens is 330 g/mol. The minimum Gasteiger partial charge on any atom is -0.469 e. The molecule has 2 unspecified atom stereocenters. The molecule has 7 nitrogen and oxygen atoms in total. The first kappa shape index (κ1) is 21.6. The van der Waals surface area contributed by atoms with Crippen molar-refractivity contribution in [3.8, 4) is 0 Å². The second kappa shape index (κ2) is 9.02. The van der Waals surface area contributed by atoms with E-state index in [9.17, 15) is 13.2 Å². The third-order valence-corrected chi connectivity index (χ3v) is 6.09. The number of rotatable bonds is 7. The van der Waals surface area contributed by atoms with Crippen LogP contribution in [0.25, 0.3) is 0 Å². The topological polar surface area (TPSA) is 102 Å². The van der Waals surface area contributed by atoms with Crippen LogP contribution >= 0.6 is 12.4 Å². The SMILES string of the molecule is COC(=O)CCN(C)S(=O)(=O)NC1(CN)CCCCC1C.Cl. The van der Waals surface area contributed by atoms with Gasteiger partial charge in [0.2, 0.25) is 0 Å². The number of esters is 1. The zero-order chi connectivity index (χ0) is 16.1. The first-order valence-electron chi connectivity index (χ1n) is 7.29. The number of carbonyl (C=O) groups is 1. The van der Waals surface area contributed by atoms with Gasteiger partial charge in [-0.25, -0.2) is 0 Å². The molecule has 0 radical (unpaired) electrons. The van der Waals surface area contributed by atoms with Crippen LogP contribution in [0.5, 0.6) is 0 Å². The predicted molar refractivity (Wildman–Crippen MR) is 88.0 cm³/mol. The lowest BCUT2D eigenvalue weighted by molar-refractivity contribution is -0.140. The third-order valence-electron chi connectivity index (χ3n) is 4.42. The van der Waals surface area contributed by atoms with Crippen LogP contribution < -0.4 is 10.5 Å². The molecule has 0 aromatic heterocycles. The van der Waals surface area contributed by atoms with Gasteiger partial charge >= 0.3 is 5.97 Å². The van der Waals surface area contributed by atoms with E-state index in [1.807, 2.05) is 6.92 Å². The molecule has 132 valence electrons. The number of nitrogens with one attached hydrogen (secondary N) is 1. The highest BCUT2D eigenvalue weighted by atomic mass is 35.5. The fraction of sp³-hybridized carbons (Fsp3) is 0.923. The lowest BCUT2D eigenvalue weighted by atomic mass is 9.74. The summed E-state index contributed by atoms with van der Waals surface area (Å²) in [6, 6.07) is 0. The lowest BCUT2D eigenvalue weighted by Gasteiger charge is -2.42. The number of methoxy groups -OCH3 is 1. The lowest BCUT2D eigenvalue weighted by Crippen LogP contribution is -2.61. The number of nitrogens with two attached hydrogens (primary N) is 1. The Morgan fingerprint density at radius 1 is 1.45 bits per heavy atom. The summed E-state index contributed by atoms with van der Waals surface area (Å²) in [4.78, 5) is 11.1. The van der Waals surface area contributed by atoms with Crippen LogP contribution in [0.3, 0.4) is 0 Å². The van der Waals surface area contributed by atoms with E-state index in [0.29, 0.717) is 0 Å². The maximum absolute atomic E-state index is 12.4. The van der Waals surface area contributed by atoms with Crippen molar-refractivity contribution in [1.29, 1.82) is 0 Å². The number of halogens is 1. The molecule has 1 saturated carbocycles. The van der Waals surface area contributed by atoms with Crippen molar-refractivity contribution in [1.82, 2.24) is 9.03 Å². The minimum absolute atomic E-state index is 0. The number of hydrogen-bond acceptors (Lipinski definition) is 5. The highest BCUT2D eigenvalue weighted by Gasteiger charge is 2.41. The van der Waals surface area contributed by atoms with Gasteiger partial charge in [0.1, 0.15) is 0 Å². The van der Waals surface area contributed by atoms with Gasteiger partial charge in [-0.15, -0.1) is 12.4 Å². The van der Waals surface area contributed by atoms with Crippen LogP contribution in [-0.4, -0.2) is 51.5 Å². The summed E-state index contributed by atoms with van der Waals surface area (Å²) in [5.41, 5.74) is 5.27. The molecule has 9 heteroatoms. The van der Waals surface area contributed by atoms with Crippen molar-refractivity contribution < 1.29 is 17.9 Å². The van der Waals surface area contributed by atoms with Crippen molar-refractivity contribution in [3.63, 3.8) is 0 Å². The Kier molecular flexibility index (Phi) is 8.86. The average molecular weight is 358 g/mol. The maximum atomic E-state index is 12.4. The van der Waals surface area contributed by atoms with Crippen LogP contribution in [0.15, 0.2) is 0 Å². The quantitative estimate of drug-likeness (QED) is 0.651. The van der Waals surface area contributed by atoms with E-state index in [1.54, 1.807) is 0 Å². The second-order valence-corrected chi connectivity index (χ2v) is 7.54. The summed E-state index contributed by atoms with van der Waals surface area (Å²) in [7, 11) is -0.944. The van der Waals surface area contributed by atoms with Gasteiger partial charge in [-0.3, -0.25) is 4.79 Å². The van der Waals surface area contributed by atoms with Crippen LogP contribution in [0.2, 0.25) is 0 Å². The summed E-state index contributed by atoms with van der Waals surface area (Å²) >= 11 is 0. The minimum atomic E-state index is -3.67. The van der Waals surface area contributed by atoms with E-state index in [-0.39, 0.29) is 37.8 Å². The molecule has 0 aliphatic heterocycles. The van der Waals surface area contributed by atoms with E-state index in [0.717, 1.165) is 30.0 Å². The van der Waals surface area contributed by atoms with E-state index >= 15 is 0 Å². The normalized spacial score (nSPS) is 25.6. The van der Waals surface area contributed by atoms with Gasteiger partial charge in [0.15, 0.2) is 0 Å². The van der Waals surface area contributed by atoms with Gasteiger partial charge in [0, 0.05) is 25.7 Å². The number of nitrogens with zero attached hydrogens (tertiary/aromatic N) is 1. The molecule has 1 rings (SSSR count). The van der Waals surface area contributed by atoms with Crippen molar-refractivity contribution in [2.75, 3.05) is 27.2 Å². The zero-order valence-corrected chi connectivity index (χ0v) is 15.1. The van der Waals surface area contributed by atoms with Gasteiger partial charge in [0.05, 0.1) is 13.5 Å². The fourth-order valence-corrected chi connectivity index (χ4v) is 4.10. The van der Waals surface area contributed by atoms with E-state index in [1.165, 1.54) is 14.2 Å². The molecule has 0 aromatic carbocycles. The standard InChI is InChI=1S/C13H27N3O4S.ClH/c1-11-6-4-5-8-13(11,10-14)15-21(18,19)16(2)9-7-12(17)20-3;/h11,15H,4-10,14H2,1-3H3;1H. The van der Waals surface area contributed by atoms with Gasteiger partial charge in [-0.2, -0.15) is 17.4 Å². The molecule has 1 fully saturated rings. The molecule has 3 N–H and O–H groups in total. The van der Waals surface area contributed by atoms with Gasteiger partial charge in [0.25, 0.3) is 10.2 Å². The van der Waals surface area contributed by atoms with Gasteiger partial charge in [-0.1, -0.05) is 19.8 Å². The largest absolute Gasteiger partial charge is 0.469 e. The van der Waals surface area contributed by atoms with Gasteiger partial charge in [-0.05, 0) is 18.8 Å². The molecule has 2 atom stereocenters. The maximum Gasteiger partial charge on any atom is 0.306 e. The first-order valence-corrected chi connectivity index (χ1v) is 8.73. The number of hydrogen-bond donors (Lipinski definition) is 2. The Hall–Kier alpha value is -0.410. The average Bonchev–Trinajstić information content (AvgIpc) is 2.46. The van der Waals surface area contributed by atoms with Crippen LogP contribution in [0, 0.1) is 5.92 Å². The highest BCUT2D eigenvalue weighted by molar-refractivity contribution is 7.87. The van der Waals surface area contributed by atoms with E-state index in [2.05, 4.69) is 9.46 Å². The summed E-state index contributed by atoms with van der Waals surface area (Å²) < 4.78 is 33.3. The van der Waals surface area contributed by atoms with Crippen LogP contribution in [0.4, 0.5) is 0 Å². The Balaban J connectivity index is 0.00000441. The second-order valence-electron chi connectivity index (χ2n) is 5.76. The summed E-state index contributed by atoms with van der Waals surface area (Å²) in [6.07, 6.45) is 3.80. The molecule has 0 heterocycles. The molecule has 0 bridgehead atoms. The molecule has 22 heavy (non-hydrogen) atoms.